The Bertz CT molecular complexity index is 1170. The first-order valence-corrected chi connectivity index (χ1v) is 10.7. The first kappa shape index (κ1) is 20.0. The molecule has 2 aliphatic heterocycles. The van der Waals surface area contributed by atoms with Crippen molar-refractivity contribution in [1.82, 2.24) is 4.90 Å². The highest BCUT2D eigenvalue weighted by atomic mass is 16.2. The molecule has 0 saturated carbocycles. The maximum absolute atomic E-state index is 13.4. The number of benzene rings is 3. The summed E-state index contributed by atoms with van der Waals surface area (Å²) in [6.07, 6.45) is 0.708. The zero-order chi connectivity index (χ0) is 22.2. The Morgan fingerprint density at radius 1 is 0.875 bits per heavy atom. The summed E-state index contributed by atoms with van der Waals surface area (Å²) in [6, 6.07) is 24.4. The minimum atomic E-state index is -0.416. The number of nitrogens with zero attached hydrogens (tertiary/aromatic N) is 2. The van der Waals surface area contributed by atoms with E-state index in [0.29, 0.717) is 17.5 Å². The Balaban J connectivity index is 1.41. The quantitative estimate of drug-likeness (QED) is 0.634. The molecule has 3 aromatic rings. The van der Waals surface area contributed by atoms with Crippen molar-refractivity contribution >= 4 is 29.1 Å². The normalized spacial score (nSPS) is 19.5. The van der Waals surface area contributed by atoms with Crippen molar-refractivity contribution in [3.05, 3.63) is 95.6 Å². The number of fused-ring (bicyclic) bond motifs is 2. The lowest BCUT2D eigenvalue weighted by atomic mass is 9.91. The molecule has 6 heteroatoms. The van der Waals surface area contributed by atoms with Gasteiger partial charge in [-0.25, -0.2) is 0 Å². The molecule has 2 atom stereocenters. The molecule has 0 aliphatic carbocycles. The van der Waals surface area contributed by atoms with Crippen LogP contribution in [-0.2, 0) is 4.79 Å². The number of nitrogens with one attached hydrogen (secondary N) is 1. The minimum absolute atomic E-state index is 0.0481. The molecule has 0 bridgehead atoms. The number of carbonyl (C=O) groups is 3. The van der Waals surface area contributed by atoms with E-state index in [1.807, 2.05) is 61.5 Å². The van der Waals surface area contributed by atoms with Gasteiger partial charge in [0.05, 0.1) is 17.2 Å². The standard InChI is InChI=1S/C26H23N3O3/c1-17-15-22(27-18-9-3-2-4-10-18)21-13-7-8-14-23(21)29(17)24(30)16-28-25(31)19-11-5-6-12-20(19)26(28)32/h2-14,17,22,27H,15-16H2,1H3/t17-,22+/m0/s1. The van der Waals surface area contributed by atoms with E-state index < -0.39 is 11.8 Å². The molecular formula is C26H23N3O3. The van der Waals surface area contributed by atoms with Crippen LogP contribution in [0.3, 0.4) is 0 Å². The first-order chi connectivity index (χ1) is 15.5. The molecule has 2 aliphatic rings. The summed E-state index contributed by atoms with van der Waals surface area (Å²) in [7, 11) is 0. The Morgan fingerprint density at radius 3 is 2.16 bits per heavy atom. The molecule has 160 valence electrons. The van der Waals surface area contributed by atoms with Gasteiger partial charge < -0.3 is 10.2 Å². The van der Waals surface area contributed by atoms with Crippen LogP contribution in [0.2, 0.25) is 0 Å². The van der Waals surface area contributed by atoms with Crippen molar-refractivity contribution in [3.63, 3.8) is 0 Å². The predicted molar refractivity (Wildman–Crippen MR) is 123 cm³/mol. The summed E-state index contributed by atoms with van der Waals surface area (Å²) in [4.78, 5) is 41.6. The van der Waals surface area contributed by atoms with Gasteiger partial charge in [0, 0.05) is 17.4 Å². The number of hydrogen-bond acceptors (Lipinski definition) is 4. The second kappa shape index (κ2) is 7.96. The smallest absolute Gasteiger partial charge is 0.262 e. The van der Waals surface area contributed by atoms with E-state index in [1.165, 1.54) is 0 Å². The average Bonchev–Trinajstić information content (AvgIpc) is 3.05. The topological polar surface area (TPSA) is 69.7 Å². The Hall–Kier alpha value is -3.93. The Morgan fingerprint density at radius 2 is 1.47 bits per heavy atom. The molecule has 3 amide bonds. The molecule has 0 aromatic heterocycles. The number of amides is 3. The fraction of sp³-hybridized carbons (Fsp3) is 0.192. The summed E-state index contributed by atoms with van der Waals surface area (Å²) in [5.74, 6) is -1.10. The molecule has 3 aromatic carbocycles. The van der Waals surface area contributed by atoms with Crippen molar-refractivity contribution in [2.24, 2.45) is 0 Å². The SMILES string of the molecule is C[C@H]1C[C@@H](Nc2ccccc2)c2ccccc2N1C(=O)CN1C(=O)c2ccccc2C1=O. The van der Waals surface area contributed by atoms with Gasteiger partial charge in [-0.05, 0) is 49.2 Å². The van der Waals surface area contributed by atoms with Crippen LogP contribution in [-0.4, -0.2) is 35.2 Å². The van der Waals surface area contributed by atoms with Gasteiger partial charge in [0.15, 0.2) is 0 Å². The summed E-state index contributed by atoms with van der Waals surface area (Å²) >= 11 is 0. The van der Waals surface area contributed by atoms with Crippen LogP contribution in [0, 0.1) is 0 Å². The van der Waals surface area contributed by atoms with Gasteiger partial charge in [0.25, 0.3) is 11.8 Å². The van der Waals surface area contributed by atoms with Gasteiger partial charge in [-0.1, -0.05) is 48.5 Å². The third-order valence-corrected chi connectivity index (χ3v) is 6.14. The minimum Gasteiger partial charge on any atom is -0.378 e. The molecule has 0 fully saturated rings. The highest BCUT2D eigenvalue weighted by Gasteiger charge is 2.39. The predicted octanol–water partition coefficient (Wildman–Crippen LogP) is 4.26. The van der Waals surface area contributed by atoms with Gasteiger partial charge in [0.1, 0.15) is 6.54 Å². The van der Waals surface area contributed by atoms with Crippen molar-refractivity contribution in [1.29, 1.82) is 0 Å². The third-order valence-electron chi connectivity index (χ3n) is 6.14. The van der Waals surface area contributed by atoms with Crippen molar-refractivity contribution in [2.75, 3.05) is 16.8 Å². The molecule has 0 spiro atoms. The number of hydrogen-bond donors (Lipinski definition) is 1. The third kappa shape index (κ3) is 3.34. The zero-order valence-corrected chi connectivity index (χ0v) is 17.7. The first-order valence-electron chi connectivity index (χ1n) is 10.7. The number of anilines is 2. The van der Waals surface area contributed by atoms with Crippen molar-refractivity contribution < 1.29 is 14.4 Å². The monoisotopic (exact) mass is 425 g/mol. The number of imide groups is 1. The molecule has 6 nitrogen and oxygen atoms in total. The van der Waals surface area contributed by atoms with Gasteiger partial charge in [0.2, 0.25) is 5.91 Å². The molecule has 0 unspecified atom stereocenters. The zero-order valence-electron chi connectivity index (χ0n) is 17.7. The second-order valence-electron chi connectivity index (χ2n) is 8.21. The number of rotatable bonds is 4. The molecule has 5 rings (SSSR count). The van der Waals surface area contributed by atoms with Gasteiger partial charge in [-0.3, -0.25) is 19.3 Å². The lowest BCUT2D eigenvalue weighted by Gasteiger charge is -2.40. The van der Waals surface area contributed by atoms with E-state index in [1.54, 1.807) is 29.2 Å². The maximum Gasteiger partial charge on any atom is 0.262 e. The molecular weight excluding hydrogens is 402 g/mol. The van der Waals surface area contributed by atoms with Gasteiger partial charge in [-0.15, -0.1) is 0 Å². The maximum atomic E-state index is 13.4. The van der Waals surface area contributed by atoms with E-state index in [-0.39, 0.29) is 24.5 Å². The molecule has 0 radical (unpaired) electrons. The molecule has 0 saturated heterocycles. The van der Waals surface area contributed by atoms with Crippen molar-refractivity contribution in [2.45, 2.75) is 25.4 Å². The summed E-state index contributed by atoms with van der Waals surface area (Å²) in [6.45, 7) is 1.72. The van der Waals surface area contributed by atoms with Crippen LogP contribution < -0.4 is 10.2 Å². The van der Waals surface area contributed by atoms with Crippen LogP contribution in [0.4, 0.5) is 11.4 Å². The fourth-order valence-corrected chi connectivity index (χ4v) is 4.66. The number of para-hydroxylation sites is 2. The van der Waals surface area contributed by atoms with E-state index in [4.69, 9.17) is 0 Å². The van der Waals surface area contributed by atoms with E-state index in [0.717, 1.165) is 21.8 Å². The van der Waals surface area contributed by atoms with Crippen molar-refractivity contribution in [3.8, 4) is 0 Å². The van der Waals surface area contributed by atoms with E-state index in [2.05, 4.69) is 5.32 Å². The molecule has 32 heavy (non-hydrogen) atoms. The van der Waals surface area contributed by atoms with Crippen LogP contribution in [0.25, 0.3) is 0 Å². The summed E-state index contributed by atoms with van der Waals surface area (Å²) in [5.41, 5.74) is 3.55. The average molecular weight is 425 g/mol. The van der Waals surface area contributed by atoms with Crippen LogP contribution in [0.1, 0.15) is 45.7 Å². The fourth-order valence-electron chi connectivity index (χ4n) is 4.66. The lowest BCUT2D eigenvalue weighted by Crippen LogP contribution is -2.49. The molecule has 1 N–H and O–H groups in total. The van der Waals surface area contributed by atoms with Crippen LogP contribution in [0.5, 0.6) is 0 Å². The highest BCUT2D eigenvalue weighted by Crippen LogP contribution is 2.39. The van der Waals surface area contributed by atoms with Gasteiger partial charge >= 0.3 is 0 Å². The Labute approximate surface area is 186 Å². The largest absolute Gasteiger partial charge is 0.378 e. The van der Waals surface area contributed by atoms with E-state index >= 15 is 0 Å². The van der Waals surface area contributed by atoms with Gasteiger partial charge in [-0.2, -0.15) is 0 Å². The molecule has 2 heterocycles. The van der Waals surface area contributed by atoms with Crippen LogP contribution >= 0.6 is 0 Å². The highest BCUT2D eigenvalue weighted by molar-refractivity contribution is 6.22. The Kier molecular flexibility index (Phi) is 4.98. The number of carbonyl (C=O) groups excluding carboxylic acids is 3. The van der Waals surface area contributed by atoms with E-state index in [9.17, 15) is 14.4 Å². The van der Waals surface area contributed by atoms with Crippen LogP contribution in [0.15, 0.2) is 78.9 Å². The second-order valence-corrected chi connectivity index (χ2v) is 8.21. The lowest BCUT2D eigenvalue weighted by molar-refractivity contribution is -0.119. The summed E-state index contributed by atoms with van der Waals surface area (Å²) in [5, 5.41) is 3.57. The summed E-state index contributed by atoms with van der Waals surface area (Å²) < 4.78 is 0.